The van der Waals surface area contributed by atoms with Crippen LogP contribution in [0, 0.1) is 0 Å². The molecule has 1 aromatic carbocycles. The quantitative estimate of drug-likeness (QED) is 0.208. The summed E-state index contributed by atoms with van der Waals surface area (Å²) >= 11 is 0. The maximum absolute atomic E-state index is 13.9. The average Bonchev–Trinajstić information content (AvgIpc) is 3.50. The molecule has 0 spiro atoms. The van der Waals surface area contributed by atoms with E-state index in [1.807, 2.05) is 35.7 Å². The van der Waals surface area contributed by atoms with Crippen LogP contribution >= 0.6 is 0 Å². The van der Waals surface area contributed by atoms with Gasteiger partial charge in [-0.1, -0.05) is 30.7 Å². The monoisotopic (exact) mass is 555 g/mol. The molecule has 1 saturated carbocycles. The first kappa shape index (κ1) is 28.7. The zero-order valence-corrected chi connectivity index (χ0v) is 24.9. The summed E-state index contributed by atoms with van der Waals surface area (Å²) in [4.78, 5) is 30.4. The number of aromatic nitrogens is 5. The Balaban J connectivity index is 1.37. The molecule has 1 aliphatic carbocycles. The Morgan fingerprint density at radius 2 is 1.83 bits per heavy atom. The summed E-state index contributed by atoms with van der Waals surface area (Å²) in [6.07, 6.45) is 7.22. The Labute approximate surface area is 241 Å². The van der Waals surface area contributed by atoms with E-state index in [0.717, 1.165) is 43.3 Å². The van der Waals surface area contributed by atoms with Gasteiger partial charge in [0, 0.05) is 34.9 Å². The van der Waals surface area contributed by atoms with E-state index in [1.54, 1.807) is 18.0 Å². The number of fused-ring (bicyclic) bond motifs is 1. The van der Waals surface area contributed by atoms with E-state index < -0.39 is 0 Å². The number of hydrogen-bond acceptors (Lipinski definition) is 6. The lowest BCUT2D eigenvalue weighted by Gasteiger charge is -2.25. The zero-order chi connectivity index (χ0) is 29.1. The molecule has 1 fully saturated rings. The highest BCUT2D eigenvalue weighted by molar-refractivity contribution is 6.10. The highest BCUT2D eigenvalue weighted by Gasteiger charge is 2.29. The van der Waals surface area contributed by atoms with E-state index >= 15 is 0 Å². The van der Waals surface area contributed by atoms with Gasteiger partial charge in [0.1, 0.15) is 0 Å². The average molecular weight is 556 g/mol. The summed E-state index contributed by atoms with van der Waals surface area (Å²) in [7, 11) is 1.70. The van der Waals surface area contributed by atoms with Gasteiger partial charge in [-0.15, -0.1) is 10.2 Å². The van der Waals surface area contributed by atoms with Gasteiger partial charge in [0.2, 0.25) is 5.78 Å². The molecule has 0 saturated heterocycles. The number of amides is 1. The van der Waals surface area contributed by atoms with E-state index in [9.17, 15) is 9.59 Å². The lowest BCUT2D eigenvalue weighted by Crippen LogP contribution is -2.36. The number of rotatable bonds is 11. The van der Waals surface area contributed by atoms with Crippen LogP contribution in [0.15, 0.2) is 48.7 Å². The molecule has 3 aromatic heterocycles. The molecule has 0 bridgehead atoms. The third kappa shape index (κ3) is 6.56. The lowest BCUT2D eigenvalue weighted by molar-refractivity contribution is 0.0748. The molecule has 5 rings (SSSR count). The van der Waals surface area contributed by atoms with Gasteiger partial charge in [-0.05, 0) is 100 Å². The fourth-order valence-electron chi connectivity index (χ4n) is 5.39. The second kappa shape index (κ2) is 11.9. The molecule has 0 radical (unpaired) electrons. The van der Waals surface area contributed by atoms with Gasteiger partial charge in [0.05, 0.1) is 19.3 Å². The highest BCUT2D eigenvalue weighted by atomic mass is 16.2. The van der Waals surface area contributed by atoms with Crippen LogP contribution in [-0.2, 0) is 20.0 Å². The van der Waals surface area contributed by atoms with Crippen molar-refractivity contribution in [2.24, 2.45) is 7.05 Å². The normalized spacial score (nSPS) is 13.9. The third-order valence-corrected chi connectivity index (χ3v) is 7.87. The van der Waals surface area contributed by atoms with Gasteiger partial charge >= 0.3 is 0 Å². The van der Waals surface area contributed by atoms with Crippen molar-refractivity contribution in [3.05, 3.63) is 82.4 Å². The predicted molar refractivity (Wildman–Crippen MR) is 159 cm³/mol. The van der Waals surface area contributed by atoms with Gasteiger partial charge < -0.3 is 14.6 Å². The molecular weight excluding hydrogens is 514 g/mol. The second-order valence-electron chi connectivity index (χ2n) is 12.1. The van der Waals surface area contributed by atoms with E-state index in [1.165, 1.54) is 16.8 Å². The third-order valence-electron chi connectivity index (χ3n) is 7.87. The number of pyridine rings is 1. The standard InChI is InChI=1S/C32H41N7O2/c1-6-38(21-28-34-36-37(5)35-28)31(41)25-16-18-39-26(19-25)20-27(23-10-7-11-23)29(39)30(40)24-14-12-22(13-15-24)9-8-17-33-32(2,3)4/h12-16,18-20,23,33H,6-11,17,21H2,1-5H3. The van der Waals surface area contributed by atoms with E-state index in [-0.39, 0.29) is 23.8 Å². The molecule has 0 atom stereocenters. The Hall–Kier alpha value is -3.85. The number of aryl methyl sites for hydroxylation is 2. The molecule has 4 aromatic rings. The molecule has 0 aliphatic heterocycles. The number of carbonyl (C=O) groups is 2. The Morgan fingerprint density at radius 3 is 2.44 bits per heavy atom. The maximum atomic E-state index is 13.9. The van der Waals surface area contributed by atoms with Gasteiger partial charge in [-0.3, -0.25) is 9.59 Å². The minimum atomic E-state index is -0.102. The molecule has 1 amide bonds. The van der Waals surface area contributed by atoms with Crippen molar-refractivity contribution in [1.29, 1.82) is 0 Å². The summed E-state index contributed by atoms with van der Waals surface area (Å²) in [5.41, 5.74) is 5.27. The van der Waals surface area contributed by atoms with Crippen LogP contribution in [0.25, 0.3) is 5.52 Å². The number of nitrogens with zero attached hydrogens (tertiary/aromatic N) is 6. The number of carbonyl (C=O) groups excluding carboxylic acids is 2. The van der Waals surface area contributed by atoms with Gasteiger partial charge in [0.25, 0.3) is 5.91 Å². The number of tetrazole rings is 1. The second-order valence-corrected chi connectivity index (χ2v) is 12.1. The van der Waals surface area contributed by atoms with Crippen LogP contribution in [0.2, 0.25) is 0 Å². The fourth-order valence-corrected chi connectivity index (χ4v) is 5.39. The SMILES string of the molecule is CCN(Cc1nnn(C)n1)C(=O)c1ccn2c(C(=O)c3ccc(CCCNC(C)(C)C)cc3)c(C3CCC3)cc2c1. The largest absolute Gasteiger partial charge is 0.331 e. The van der Waals surface area contributed by atoms with Crippen molar-refractivity contribution in [2.45, 2.75) is 77.8 Å². The molecule has 0 unspecified atom stereocenters. The molecule has 1 aliphatic rings. The summed E-state index contributed by atoms with van der Waals surface area (Å²) < 4.78 is 1.96. The lowest BCUT2D eigenvalue weighted by atomic mass is 9.79. The van der Waals surface area contributed by atoms with E-state index in [0.29, 0.717) is 35.1 Å². The minimum absolute atomic E-state index is 0.0239. The summed E-state index contributed by atoms with van der Waals surface area (Å²) in [5, 5.41) is 15.6. The van der Waals surface area contributed by atoms with Crippen molar-refractivity contribution < 1.29 is 9.59 Å². The van der Waals surface area contributed by atoms with Crippen LogP contribution in [0.3, 0.4) is 0 Å². The number of hydrogen-bond donors (Lipinski definition) is 1. The van der Waals surface area contributed by atoms with Crippen molar-refractivity contribution in [1.82, 2.24) is 34.8 Å². The van der Waals surface area contributed by atoms with Gasteiger partial charge in [-0.2, -0.15) is 4.80 Å². The smallest absolute Gasteiger partial charge is 0.254 e. The van der Waals surface area contributed by atoms with Crippen molar-refractivity contribution in [2.75, 3.05) is 13.1 Å². The Morgan fingerprint density at radius 1 is 1.07 bits per heavy atom. The molecule has 9 nitrogen and oxygen atoms in total. The van der Waals surface area contributed by atoms with Crippen LogP contribution in [0.5, 0.6) is 0 Å². The highest BCUT2D eigenvalue weighted by Crippen LogP contribution is 2.40. The van der Waals surface area contributed by atoms with Crippen LogP contribution in [0.1, 0.15) is 103 Å². The first-order chi connectivity index (χ1) is 19.6. The topological polar surface area (TPSA) is 97.4 Å². The van der Waals surface area contributed by atoms with E-state index in [4.69, 9.17) is 0 Å². The maximum Gasteiger partial charge on any atom is 0.254 e. The molecule has 3 heterocycles. The first-order valence-electron chi connectivity index (χ1n) is 14.7. The predicted octanol–water partition coefficient (Wildman–Crippen LogP) is 4.94. The van der Waals surface area contributed by atoms with Crippen LogP contribution in [-0.4, -0.2) is 59.8 Å². The molecule has 216 valence electrons. The molecule has 1 N–H and O–H groups in total. The zero-order valence-electron chi connectivity index (χ0n) is 24.9. The summed E-state index contributed by atoms with van der Waals surface area (Å²) in [5.74, 6) is 0.794. The summed E-state index contributed by atoms with van der Waals surface area (Å²) in [6.45, 7) is 10.2. The van der Waals surface area contributed by atoms with Crippen molar-refractivity contribution in [3.8, 4) is 0 Å². The van der Waals surface area contributed by atoms with Crippen molar-refractivity contribution in [3.63, 3.8) is 0 Å². The molecular formula is C32H41N7O2. The fraction of sp³-hybridized carbons (Fsp3) is 0.469. The molecule has 41 heavy (non-hydrogen) atoms. The number of nitrogens with one attached hydrogen (secondary N) is 1. The van der Waals surface area contributed by atoms with E-state index in [2.05, 4.69) is 59.7 Å². The van der Waals surface area contributed by atoms with Gasteiger partial charge in [0.15, 0.2) is 5.82 Å². The van der Waals surface area contributed by atoms with Crippen LogP contribution < -0.4 is 5.32 Å². The number of benzene rings is 1. The summed E-state index contributed by atoms with van der Waals surface area (Å²) in [6, 6.07) is 13.9. The number of ketones is 1. The Kier molecular flexibility index (Phi) is 8.35. The first-order valence-corrected chi connectivity index (χ1v) is 14.7. The molecule has 9 heteroatoms. The van der Waals surface area contributed by atoms with Gasteiger partial charge in [-0.25, -0.2) is 0 Å². The van der Waals surface area contributed by atoms with Crippen LogP contribution in [0.4, 0.5) is 0 Å². The minimum Gasteiger partial charge on any atom is -0.331 e. The Bertz CT molecular complexity index is 1520. The van der Waals surface area contributed by atoms with Crippen molar-refractivity contribution >= 4 is 17.2 Å².